The molecule has 2 aliphatic rings. The van der Waals surface area contributed by atoms with E-state index in [2.05, 4.69) is 4.99 Å². The van der Waals surface area contributed by atoms with Crippen LogP contribution in [0, 0.1) is 0 Å². The van der Waals surface area contributed by atoms with Crippen molar-refractivity contribution in [1.82, 2.24) is 4.57 Å². The fourth-order valence-corrected chi connectivity index (χ4v) is 5.29. The van der Waals surface area contributed by atoms with Gasteiger partial charge in [0.1, 0.15) is 5.75 Å². The molecule has 9 heteroatoms. The summed E-state index contributed by atoms with van der Waals surface area (Å²) in [6.07, 6.45) is 1.49. The molecule has 3 heterocycles. The summed E-state index contributed by atoms with van der Waals surface area (Å²) in [5.74, 6) is 1.53. The van der Waals surface area contributed by atoms with Crippen molar-refractivity contribution in [2.75, 3.05) is 13.4 Å². The van der Waals surface area contributed by atoms with E-state index in [9.17, 15) is 9.59 Å². The van der Waals surface area contributed by atoms with Crippen molar-refractivity contribution in [3.8, 4) is 17.2 Å². The molecule has 0 bridgehead atoms. The molecule has 8 nitrogen and oxygen atoms in total. The first-order valence-corrected chi connectivity index (χ1v) is 12.5. The molecule has 1 atom stereocenters. The number of thiazole rings is 1. The normalized spacial score (nSPS) is 16.7. The number of aromatic nitrogens is 1. The van der Waals surface area contributed by atoms with E-state index in [4.69, 9.17) is 18.9 Å². The van der Waals surface area contributed by atoms with Crippen molar-refractivity contribution < 1.29 is 23.7 Å². The van der Waals surface area contributed by atoms with Crippen molar-refractivity contribution in [1.29, 1.82) is 0 Å². The number of allylic oxidation sites excluding steroid dienone is 1. The highest BCUT2D eigenvalue weighted by atomic mass is 32.1. The van der Waals surface area contributed by atoms with E-state index in [1.165, 1.54) is 11.3 Å². The van der Waals surface area contributed by atoms with Crippen LogP contribution in [-0.4, -0.2) is 30.0 Å². The summed E-state index contributed by atoms with van der Waals surface area (Å²) in [7, 11) is 0. The number of carbonyl (C=O) groups excluding carboxylic acids is 1. The second-order valence-corrected chi connectivity index (χ2v) is 9.66. The minimum atomic E-state index is -0.679. The van der Waals surface area contributed by atoms with E-state index in [-0.39, 0.29) is 18.5 Å². The molecule has 2 aliphatic heterocycles. The van der Waals surface area contributed by atoms with Gasteiger partial charge in [-0.25, -0.2) is 9.79 Å². The molecule has 186 valence electrons. The molecule has 0 saturated carbocycles. The van der Waals surface area contributed by atoms with E-state index < -0.39 is 12.0 Å². The predicted octanol–water partition coefficient (Wildman–Crippen LogP) is 3.31. The van der Waals surface area contributed by atoms with Crippen LogP contribution in [0.1, 0.15) is 44.9 Å². The Morgan fingerprint density at radius 1 is 1.19 bits per heavy atom. The molecular weight excluding hydrogens is 480 g/mol. The molecule has 3 aromatic rings. The molecule has 5 rings (SSSR count). The maximum absolute atomic E-state index is 13.7. The highest BCUT2D eigenvalue weighted by Crippen LogP contribution is 2.33. The van der Waals surface area contributed by atoms with Crippen molar-refractivity contribution in [2.45, 2.75) is 39.8 Å². The van der Waals surface area contributed by atoms with Gasteiger partial charge in [-0.2, -0.15) is 0 Å². The van der Waals surface area contributed by atoms with Crippen LogP contribution in [0.4, 0.5) is 0 Å². The molecule has 0 N–H and O–H groups in total. The summed E-state index contributed by atoms with van der Waals surface area (Å²) in [6.45, 7) is 7.99. The fourth-order valence-electron chi connectivity index (χ4n) is 4.24. The molecule has 0 amide bonds. The number of fused-ring (bicyclic) bond motifs is 2. The average molecular weight is 507 g/mol. The number of carbonyl (C=O) groups is 1. The smallest absolute Gasteiger partial charge is 0.338 e. The lowest BCUT2D eigenvalue weighted by Gasteiger charge is -2.25. The van der Waals surface area contributed by atoms with Gasteiger partial charge in [0.25, 0.3) is 5.56 Å². The maximum atomic E-state index is 13.7. The van der Waals surface area contributed by atoms with E-state index >= 15 is 0 Å². The fraction of sp³-hybridized carbons (Fsp3) is 0.296. The van der Waals surface area contributed by atoms with Gasteiger partial charge in [0.15, 0.2) is 16.3 Å². The number of rotatable bonds is 6. The third kappa shape index (κ3) is 4.42. The lowest BCUT2D eigenvalue weighted by atomic mass is 9.96. The molecule has 0 fully saturated rings. The summed E-state index contributed by atoms with van der Waals surface area (Å²) in [5, 5.41) is 0. The van der Waals surface area contributed by atoms with E-state index in [0.29, 0.717) is 44.5 Å². The quantitative estimate of drug-likeness (QED) is 0.477. The van der Waals surface area contributed by atoms with Crippen LogP contribution in [0.5, 0.6) is 17.2 Å². The molecule has 2 aromatic carbocycles. The summed E-state index contributed by atoms with van der Waals surface area (Å²) < 4.78 is 24.0. The lowest BCUT2D eigenvalue weighted by molar-refractivity contribution is -0.143. The standard InChI is InChI=1S/C27H26N2O6S/c1-5-32-19-9-7-18(8-10-19)24-23(26(31)35-15(2)3)16(4)28-27-29(24)25(30)22(36-27)13-17-6-11-20-21(12-17)34-14-33-20/h6-13,15,24H,5,14H2,1-4H3/b22-13+/t24-/m1/s1. The zero-order valence-electron chi connectivity index (χ0n) is 20.4. The van der Waals surface area contributed by atoms with Gasteiger partial charge in [-0.05, 0) is 69.2 Å². The molecule has 0 aliphatic carbocycles. The SMILES string of the molecule is CCOc1ccc([C@@H]2C(C(=O)OC(C)C)=C(C)N=c3s/c(=C/c4ccc5c(c4)OCO5)c(=O)n32)cc1. The highest BCUT2D eigenvalue weighted by Gasteiger charge is 2.33. The van der Waals surface area contributed by atoms with Crippen LogP contribution in [0.2, 0.25) is 0 Å². The molecule has 0 spiro atoms. The van der Waals surface area contributed by atoms with Crippen LogP contribution in [0.15, 0.2) is 63.5 Å². The maximum Gasteiger partial charge on any atom is 0.338 e. The topological polar surface area (TPSA) is 88.4 Å². The molecular formula is C27H26N2O6S. The Balaban J connectivity index is 1.66. The zero-order valence-corrected chi connectivity index (χ0v) is 21.3. The summed E-state index contributed by atoms with van der Waals surface area (Å²) >= 11 is 1.28. The van der Waals surface area contributed by atoms with Crippen molar-refractivity contribution in [2.24, 2.45) is 4.99 Å². The van der Waals surface area contributed by atoms with Gasteiger partial charge < -0.3 is 18.9 Å². The Hall–Kier alpha value is -3.85. The molecule has 1 aromatic heterocycles. The van der Waals surface area contributed by atoms with Crippen LogP contribution in [0.3, 0.4) is 0 Å². The molecule has 0 radical (unpaired) electrons. The monoisotopic (exact) mass is 506 g/mol. The van der Waals surface area contributed by atoms with E-state index in [1.54, 1.807) is 31.4 Å². The summed E-state index contributed by atoms with van der Waals surface area (Å²) in [6, 6.07) is 12.2. The number of ether oxygens (including phenoxy) is 4. The Labute approximate surface area is 211 Å². The molecule has 36 heavy (non-hydrogen) atoms. The van der Waals surface area contributed by atoms with Crippen molar-refractivity contribution in [3.05, 3.63) is 84.5 Å². The Morgan fingerprint density at radius 2 is 1.94 bits per heavy atom. The van der Waals surface area contributed by atoms with Crippen molar-refractivity contribution >= 4 is 23.4 Å². The average Bonchev–Trinajstić information content (AvgIpc) is 3.42. The van der Waals surface area contributed by atoms with Crippen LogP contribution >= 0.6 is 11.3 Å². The van der Waals surface area contributed by atoms with Gasteiger partial charge in [-0.15, -0.1) is 0 Å². The largest absolute Gasteiger partial charge is 0.494 e. The third-order valence-corrected chi connectivity index (χ3v) is 6.77. The van der Waals surface area contributed by atoms with Crippen LogP contribution < -0.4 is 29.1 Å². The Morgan fingerprint density at radius 3 is 2.67 bits per heavy atom. The van der Waals surface area contributed by atoms with Gasteiger partial charge in [-0.1, -0.05) is 29.5 Å². The van der Waals surface area contributed by atoms with Gasteiger partial charge in [-0.3, -0.25) is 9.36 Å². The highest BCUT2D eigenvalue weighted by molar-refractivity contribution is 7.07. The number of hydrogen-bond donors (Lipinski definition) is 0. The van der Waals surface area contributed by atoms with Gasteiger partial charge >= 0.3 is 5.97 Å². The first-order valence-electron chi connectivity index (χ1n) is 11.7. The summed E-state index contributed by atoms with van der Waals surface area (Å²) in [5.41, 5.74) is 2.19. The van der Waals surface area contributed by atoms with E-state index in [0.717, 1.165) is 11.1 Å². The Kier molecular flexibility index (Phi) is 6.40. The van der Waals surface area contributed by atoms with Gasteiger partial charge in [0.2, 0.25) is 6.79 Å². The second kappa shape index (κ2) is 9.66. The van der Waals surface area contributed by atoms with Gasteiger partial charge in [0.05, 0.1) is 34.6 Å². The minimum Gasteiger partial charge on any atom is -0.494 e. The number of esters is 1. The molecule has 0 saturated heterocycles. The minimum absolute atomic E-state index is 0.178. The second-order valence-electron chi connectivity index (χ2n) is 8.65. The number of hydrogen-bond acceptors (Lipinski definition) is 8. The molecule has 0 unspecified atom stereocenters. The van der Waals surface area contributed by atoms with Crippen LogP contribution in [-0.2, 0) is 9.53 Å². The third-order valence-electron chi connectivity index (χ3n) is 5.79. The summed E-state index contributed by atoms with van der Waals surface area (Å²) in [4.78, 5) is 32.1. The Bertz CT molecular complexity index is 1530. The number of benzene rings is 2. The van der Waals surface area contributed by atoms with Crippen molar-refractivity contribution in [3.63, 3.8) is 0 Å². The lowest BCUT2D eigenvalue weighted by Crippen LogP contribution is -2.40. The first kappa shape index (κ1) is 23.9. The zero-order chi connectivity index (χ0) is 25.4. The van der Waals surface area contributed by atoms with E-state index in [1.807, 2.05) is 49.4 Å². The van der Waals surface area contributed by atoms with Gasteiger partial charge in [0, 0.05) is 0 Å². The van der Waals surface area contributed by atoms with Crippen LogP contribution in [0.25, 0.3) is 6.08 Å². The number of nitrogens with zero attached hydrogens (tertiary/aromatic N) is 2. The first-order chi connectivity index (χ1) is 17.4. The predicted molar refractivity (Wildman–Crippen MR) is 135 cm³/mol.